The smallest absolute Gasteiger partial charge is 0.251 e. The molecule has 2 aromatic rings. The summed E-state index contributed by atoms with van der Waals surface area (Å²) in [5.74, 6) is 0.678. The van der Waals surface area contributed by atoms with E-state index < -0.39 is 0 Å². The Bertz CT molecular complexity index is 738. The molecule has 0 aliphatic heterocycles. The zero-order chi connectivity index (χ0) is 19.0. The highest BCUT2D eigenvalue weighted by molar-refractivity contribution is 7.10. The number of carbonyl (C=O) groups is 1. The van der Waals surface area contributed by atoms with Crippen molar-refractivity contribution in [2.24, 2.45) is 4.99 Å². The molecule has 2 rings (SSSR count). The van der Waals surface area contributed by atoms with Crippen molar-refractivity contribution in [3.05, 3.63) is 57.8 Å². The molecule has 0 bridgehead atoms. The van der Waals surface area contributed by atoms with Crippen molar-refractivity contribution in [1.29, 1.82) is 0 Å². The van der Waals surface area contributed by atoms with E-state index in [-0.39, 0.29) is 11.3 Å². The number of nitrogens with zero attached hydrogens (tertiary/aromatic N) is 1. The van der Waals surface area contributed by atoms with Gasteiger partial charge in [-0.1, -0.05) is 37.6 Å². The maximum Gasteiger partial charge on any atom is 0.251 e. The van der Waals surface area contributed by atoms with E-state index >= 15 is 0 Å². The zero-order valence-electron chi connectivity index (χ0n) is 15.9. The van der Waals surface area contributed by atoms with Crippen molar-refractivity contribution >= 4 is 23.2 Å². The van der Waals surface area contributed by atoms with E-state index in [1.54, 1.807) is 18.4 Å². The molecule has 1 aromatic carbocycles. The molecule has 3 N–H and O–H groups in total. The molecule has 6 heteroatoms. The Morgan fingerprint density at radius 3 is 2.54 bits per heavy atom. The van der Waals surface area contributed by atoms with Crippen LogP contribution in [0.4, 0.5) is 0 Å². The van der Waals surface area contributed by atoms with Crippen LogP contribution in [0.1, 0.15) is 34.6 Å². The Hall–Kier alpha value is -2.34. The number of rotatable bonds is 7. The van der Waals surface area contributed by atoms with Crippen LogP contribution in [-0.4, -0.2) is 38.5 Å². The lowest BCUT2D eigenvalue weighted by Gasteiger charge is -2.25. The van der Waals surface area contributed by atoms with Gasteiger partial charge in [0.05, 0.1) is 0 Å². The summed E-state index contributed by atoms with van der Waals surface area (Å²) in [4.78, 5) is 17.7. The van der Waals surface area contributed by atoms with E-state index in [0.717, 1.165) is 18.1 Å². The Kier molecular flexibility index (Phi) is 7.21. The summed E-state index contributed by atoms with van der Waals surface area (Å²) in [5, 5.41) is 11.6. The van der Waals surface area contributed by atoms with E-state index in [0.29, 0.717) is 18.7 Å². The fraction of sp³-hybridized carbons (Fsp3) is 0.400. The quantitative estimate of drug-likeness (QED) is 0.398. The van der Waals surface area contributed by atoms with Crippen molar-refractivity contribution in [3.63, 3.8) is 0 Å². The minimum atomic E-state index is -0.0581. The monoisotopic (exact) mass is 372 g/mol. The first-order valence-electron chi connectivity index (χ1n) is 8.76. The molecule has 1 heterocycles. The van der Waals surface area contributed by atoms with Gasteiger partial charge in [-0.2, -0.15) is 0 Å². The van der Waals surface area contributed by atoms with Gasteiger partial charge in [0.1, 0.15) is 0 Å². The second-order valence-corrected chi connectivity index (χ2v) is 7.79. The fourth-order valence-electron chi connectivity index (χ4n) is 2.52. The first-order valence-corrected chi connectivity index (χ1v) is 9.64. The normalized spacial score (nSPS) is 11.9. The number of amides is 1. The molecular weight excluding hydrogens is 344 g/mol. The Morgan fingerprint density at radius 1 is 1.12 bits per heavy atom. The number of benzene rings is 1. The summed E-state index contributed by atoms with van der Waals surface area (Å²) >= 11 is 1.76. The van der Waals surface area contributed by atoms with Gasteiger partial charge in [0.25, 0.3) is 5.91 Å². The van der Waals surface area contributed by atoms with Crippen molar-refractivity contribution in [2.45, 2.75) is 26.2 Å². The predicted octanol–water partition coefficient (Wildman–Crippen LogP) is 2.93. The first-order chi connectivity index (χ1) is 12.4. The minimum Gasteiger partial charge on any atom is -0.356 e. The van der Waals surface area contributed by atoms with Gasteiger partial charge >= 0.3 is 0 Å². The van der Waals surface area contributed by atoms with Gasteiger partial charge in [0.15, 0.2) is 5.96 Å². The van der Waals surface area contributed by atoms with E-state index in [9.17, 15) is 4.79 Å². The van der Waals surface area contributed by atoms with Gasteiger partial charge in [-0.3, -0.25) is 9.79 Å². The summed E-state index contributed by atoms with van der Waals surface area (Å²) in [7, 11) is 1.75. The van der Waals surface area contributed by atoms with Gasteiger partial charge in [-0.25, -0.2) is 0 Å². The van der Waals surface area contributed by atoms with Crippen molar-refractivity contribution in [2.75, 3.05) is 26.7 Å². The van der Waals surface area contributed by atoms with Crippen LogP contribution in [0.3, 0.4) is 0 Å². The lowest BCUT2D eigenvalue weighted by molar-refractivity contribution is 0.0954. The Labute approximate surface area is 159 Å². The number of hydrogen-bond donors (Lipinski definition) is 3. The van der Waals surface area contributed by atoms with E-state index in [1.807, 2.05) is 31.2 Å². The summed E-state index contributed by atoms with van der Waals surface area (Å²) in [6, 6.07) is 11.8. The van der Waals surface area contributed by atoms with Crippen LogP contribution in [0.5, 0.6) is 0 Å². The number of hydrogen-bond acceptors (Lipinski definition) is 3. The summed E-state index contributed by atoms with van der Waals surface area (Å²) in [6.07, 6.45) is 0. The maximum atomic E-state index is 12.1. The molecule has 0 radical (unpaired) electrons. The third-order valence-electron chi connectivity index (χ3n) is 4.09. The average molecular weight is 373 g/mol. The van der Waals surface area contributed by atoms with Gasteiger partial charge < -0.3 is 16.0 Å². The van der Waals surface area contributed by atoms with Crippen LogP contribution in [0, 0.1) is 6.92 Å². The van der Waals surface area contributed by atoms with Crippen LogP contribution in [0.25, 0.3) is 0 Å². The van der Waals surface area contributed by atoms with Crippen LogP contribution < -0.4 is 16.0 Å². The van der Waals surface area contributed by atoms with Gasteiger partial charge in [0.2, 0.25) is 0 Å². The molecule has 0 saturated heterocycles. The lowest BCUT2D eigenvalue weighted by atomic mass is 9.91. The van der Waals surface area contributed by atoms with Crippen molar-refractivity contribution < 1.29 is 4.79 Å². The van der Waals surface area contributed by atoms with Gasteiger partial charge in [0, 0.05) is 42.5 Å². The number of nitrogens with one attached hydrogen (secondary N) is 3. The van der Waals surface area contributed by atoms with Crippen LogP contribution >= 0.6 is 11.3 Å². The maximum absolute atomic E-state index is 12.1. The highest BCUT2D eigenvalue weighted by atomic mass is 32.1. The SMILES string of the molecule is CN=C(NCCNC(=O)c1cccc(C)c1)NCC(C)(C)c1cccs1. The highest BCUT2D eigenvalue weighted by Gasteiger charge is 2.21. The fourth-order valence-corrected chi connectivity index (χ4v) is 3.37. The molecule has 0 saturated carbocycles. The van der Waals surface area contributed by atoms with Crippen molar-refractivity contribution in [3.8, 4) is 0 Å². The molecule has 1 aromatic heterocycles. The van der Waals surface area contributed by atoms with E-state index in [2.05, 4.69) is 52.3 Å². The number of aryl methyl sites for hydroxylation is 1. The molecule has 1 amide bonds. The third kappa shape index (κ3) is 5.88. The molecule has 0 atom stereocenters. The Balaban J connectivity index is 1.73. The molecule has 0 fully saturated rings. The Morgan fingerprint density at radius 2 is 1.88 bits per heavy atom. The highest BCUT2D eigenvalue weighted by Crippen LogP contribution is 2.26. The topological polar surface area (TPSA) is 65.5 Å². The van der Waals surface area contributed by atoms with Gasteiger partial charge in [-0.05, 0) is 30.5 Å². The lowest BCUT2D eigenvalue weighted by Crippen LogP contribution is -2.45. The molecule has 0 spiro atoms. The summed E-state index contributed by atoms with van der Waals surface area (Å²) < 4.78 is 0. The number of aliphatic imine (C=N–C) groups is 1. The zero-order valence-corrected chi connectivity index (χ0v) is 16.7. The van der Waals surface area contributed by atoms with Gasteiger partial charge in [-0.15, -0.1) is 11.3 Å². The molecule has 140 valence electrons. The molecule has 5 nitrogen and oxygen atoms in total. The number of thiophene rings is 1. The molecular formula is C20H28N4OS. The molecule has 0 aliphatic rings. The average Bonchev–Trinajstić information content (AvgIpc) is 3.16. The van der Waals surface area contributed by atoms with E-state index in [1.165, 1.54) is 4.88 Å². The molecule has 0 unspecified atom stereocenters. The summed E-state index contributed by atoms with van der Waals surface area (Å²) in [5.41, 5.74) is 1.80. The first kappa shape index (κ1) is 20.0. The van der Waals surface area contributed by atoms with Crippen LogP contribution in [-0.2, 0) is 5.41 Å². The standard InChI is InChI=1S/C20H28N4OS/c1-15-7-5-8-16(13-15)18(25)22-10-11-23-19(21-4)24-14-20(2,3)17-9-6-12-26-17/h5-9,12-13H,10-11,14H2,1-4H3,(H,22,25)(H2,21,23,24). The van der Waals surface area contributed by atoms with Crippen molar-refractivity contribution in [1.82, 2.24) is 16.0 Å². The molecule has 26 heavy (non-hydrogen) atoms. The van der Waals surface area contributed by atoms with Crippen LogP contribution in [0.15, 0.2) is 46.8 Å². The third-order valence-corrected chi connectivity index (χ3v) is 5.33. The second-order valence-electron chi connectivity index (χ2n) is 6.84. The minimum absolute atomic E-state index is 0.0329. The van der Waals surface area contributed by atoms with E-state index in [4.69, 9.17) is 0 Å². The molecule has 0 aliphatic carbocycles. The second kappa shape index (κ2) is 9.38. The largest absolute Gasteiger partial charge is 0.356 e. The van der Waals surface area contributed by atoms with Crippen LogP contribution in [0.2, 0.25) is 0 Å². The number of carbonyl (C=O) groups excluding carboxylic acids is 1. The summed E-state index contributed by atoms with van der Waals surface area (Å²) in [6.45, 7) is 8.31. The number of guanidine groups is 1. The predicted molar refractivity (Wildman–Crippen MR) is 110 cm³/mol.